The molecular formula is C21H27N3O2. The van der Waals surface area contributed by atoms with E-state index in [4.69, 9.17) is 0 Å². The summed E-state index contributed by atoms with van der Waals surface area (Å²) in [5.74, 6) is 0.226. The van der Waals surface area contributed by atoms with Crippen LogP contribution in [0, 0.1) is 0 Å². The standard InChI is InChI=1S/C21H27N3O2/c1-3-24(20-11-6-9-18-8-4-5-10-19(18)20)21(26)16-22-12-7-13-23(15-14-22)17(2)25/h4-6,8-11H,3,7,12-16H2,1-2H3. The maximum absolute atomic E-state index is 13.0. The second kappa shape index (κ2) is 8.32. The quantitative estimate of drug-likeness (QED) is 0.849. The molecule has 0 bridgehead atoms. The van der Waals surface area contributed by atoms with Gasteiger partial charge in [-0.3, -0.25) is 14.5 Å². The Labute approximate surface area is 155 Å². The summed E-state index contributed by atoms with van der Waals surface area (Å²) in [5.41, 5.74) is 0.968. The molecule has 0 saturated carbocycles. The van der Waals surface area contributed by atoms with Crippen molar-refractivity contribution >= 4 is 28.3 Å². The molecule has 1 fully saturated rings. The molecule has 0 spiro atoms. The van der Waals surface area contributed by atoms with Crippen molar-refractivity contribution in [2.75, 3.05) is 44.2 Å². The van der Waals surface area contributed by atoms with Gasteiger partial charge in [-0.15, -0.1) is 0 Å². The van der Waals surface area contributed by atoms with Crippen LogP contribution in [0.25, 0.3) is 10.8 Å². The molecule has 26 heavy (non-hydrogen) atoms. The molecule has 1 saturated heterocycles. The van der Waals surface area contributed by atoms with E-state index in [0.717, 1.165) is 42.5 Å². The minimum atomic E-state index is 0.111. The monoisotopic (exact) mass is 353 g/mol. The number of nitrogens with zero attached hydrogens (tertiary/aromatic N) is 3. The molecule has 0 N–H and O–H groups in total. The number of benzene rings is 2. The topological polar surface area (TPSA) is 43.9 Å². The fourth-order valence-corrected chi connectivity index (χ4v) is 3.65. The summed E-state index contributed by atoms with van der Waals surface area (Å²) >= 11 is 0. The third kappa shape index (κ3) is 4.05. The summed E-state index contributed by atoms with van der Waals surface area (Å²) < 4.78 is 0. The van der Waals surface area contributed by atoms with Gasteiger partial charge in [0.05, 0.1) is 12.2 Å². The summed E-state index contributed by atoms with van der Waals surface area (Å²) in [5, 5.41) is 2.24. The summed E-state index contributed by atoms with van der Waals surface area (Å²) in [4.78, 5) is 30.5. The van der Waals surface area contributed by atoms with Crippen molar-refractivity contribution in [3.63, 3.8) is 0 Å². The van der Waals surface area contributed by atoms with Gasteiger partial charge in [0.15, 0.2) is 0 Å². The van der Waals surface area contributed by atoms with E-state index in [1.54, 1.807) is 6.92 Å². The van der Waals surface area contributed by atoms with Crippen molar-refractivity contribution in [2.45, 2.75) is 20.3 Å². The van der Waals surface area contributed by atoms with Crippen molar-refractivity contribution in [1.29, 1.82) is 0 Å². The fourth-order valence-electron chi connectivity index (χ4n) is 3.65. The molecule has 0 atom stereocenters. The van der Waals surface area contributed by atoms with Gasteiger partial charge in [0.1, 0.15) is 0 Å². The highest BCUT2D eigenvalue weighted by atomic mass is 16.2. The smallest absolute Gasteiger partial charge is 0.241 e. The van der Waals surface area contributed by atoms with E-state index in [1.165, 1.54) is 0 Å². The van der Waals surface area contributed by atoms with Crippen LogP contribution in [0.15, 0.2) is 42.5 Å². The molecule has 1 heterocycles. The first-order chi connectivity index (χ1) is 12.6. The zero-order valence-corrected chi connectivity index (χ0v) is 15.6. The Morgan fingerprint density at radius 1 is 1.00 bits per heavy atom. The normalized spacial score (nSPS) is 15.7. The molecule has 2 amide bonds. The Balaban J connectivity index is 1.74. The number of fused-ring (bicyclic) bond motifs is 1. The van der Waals surface area contributed by atoms with E-state index in [-0.39, 0.29) is 11.8 Å². The molecule has 0 unspecified atom stereocenters. The van der Waals surface area contributed by atoms with Gasteiger partial charge >= 0.3 is 0 Å². The summed E-state index contributed by atoms with van der Waals surface area (Å²) in [7, 11) is 0. The number of hydrogen-bond acceptors (Lipinski definition) is 3. The first-order valence-corrected chi connectivity index (χ1v) is 9.36. The number of likely N-dealkylation sites (N-methyl/N-ethyl adjacent to an activating group) is 1. The number of hydrogen-bond donors (Lipinski definition) is 0. The van der Waals surface area contributed by atoms with Crippen LogP contribution in [-0.4, -0.2) is 60.9 Å². The third-order valence-corrected chi connectivity index (χ3v) is 5.07. The Morgan fingerprint density at radius 3 is 2.54 bits per heavy atom. The lowest BCUT2D eigenvalue weighted by molar-refractivity contribution is -0.128. The summed E-state index contributed by atoms with van der Waals surface area (Å²) in [6.07, 6.45) is 0.910. The van der Waals surface area contributed by atoms with E-state index in [1.807, 2.05) is 41.0 Å². The van der Waals surface area contributed by atoms with Gasteiger partial charge in [-0.25, -0.2) is 0 Å². The molecule has 0 radical (unpaired) electrons. The first-order valence-electron chi connectivity index (χ1n) is 9.36. The highest BCUT2D eigenvalue weighted by Gasteiger charge is 2.22. The lowest BCUT2D eigenvalue weighted by Crippen LogP contribution is -2.42. The number of rotatable bonds is 4. The molecule has 0 aromatic heterocycles. The van der Waals surface area contributed by atoms with Crippen LogP contribution in [-0.2, 0) is 9.59 Å². The second-order valence-electron chi connectivity index (χ2n) is 6.77. The molecule has 1 aliphatic heterocycles. The Bertz CT molecular complexity index is 784. The van der Waals surface area contributed by atoms with Gasteiger partial charge in [-0.1, -0.05) is 36.4 Å². The van der Waals surface area contributed by atoms with Crippen molar-refractivity contribution in [3.05, 3.63) is 42.5 Å². The van der Waals surface area contributed by atoms with Crippen LogP contribution in [0.4, 0.5) is 5.69 Å². The molecule has 1 aliphatic rings. The Hall–Kier alpha value is -2.40. The summed E-state index contributed by atoms with van der Waals surface area (Å²) in [6, 6.07) is 14.3. The Kier molecular flexibility index (Phi) is 5.89. The Morgan fingerprint density at radius 2 is 1.77 bits per heavy atom. The first kappa shape index (κ1) is 18.4. The predicted molar refractivity (Wildman–Crippen MR) is 105 cm³/mol. The van der Waals surface area contributed by atoms with Crippen LogP contribution >= 0.6 is 0 Å². The van der Waals surface area contributed by atoms with Crippen molar-refractivity contribution in [2.24, 2.45) is 0 Å². The zero-order valence-electron chi connectivity index (χ0n) is 15.6. The average Bonchev–Trinajstić information content (AvgIpc) is 2.88. The zero-order chi connectivity index (χ0) is 18.5. The number of amides is 2. The lowest BCUT2D eigenvalue weighted by atomic mass is 10.1. The van der Waals surface area contributed by atoms with Gasteiger partial charge < -0.3 is 9.80 Å². The van der Waals surface area contributed by atoms with Crippen LogP contribution in [0.3, 0.4) is 0 Å². The minimum Gasteiger partial charge on any atom is -0.342 e. The van der Waals surface area contributed by atoms with Crippen molar-refractivity contribution in [1.82, 2.24) is 9.80 Å². The predicted octanol–water partition coefficient (Wildman–Crippen LogP) is 2.75. The molecule has 5 nitrogen and oxygen atoms in total. The van der Waals surface area contributed by atoms with Crippen LogP contribution in [0.5, 0.6) is 0 Å². The molecule has 3 rings (SSSR count). The van der Waals surface area contributed by atoms with Gasteiger partial charge in [0, 0.05) is 45.0 Å². The van der Waals surface area contributed by atoms with Gasteiger partial charge in [-0.05, 0) is 24.8 Å². The van der Waals surface area contributed by atoms with Crippen molar-refractivity contribution in [3.8, 4) is 0 Å². The highest BCUT2D eigenvalue weighted by Crippen LogP contribution is 2.26. The van der Waals surface area contributed by atoms with Crippen LogP contribution in [0.1, 0.15) is 20.3 Å². The maximum atomic E-state index is 13.0. The molecular weight excluding hydrogens is 326 g/mol. The molecule has 5 heteroatoms. The second-order valence-corrected chi connectivity index (χ2v) is 6.77. The largest absolute Gasteiger partial charge is 0.342 e. The van der Waals surface area contributed by atoms with E-state index >= 15 is 0 Å². The number of anilines is 1. The molecule has 2 aromatic carbocycles. The van der Waals surface area contributed by atoms with Gasteiger partial charge in [-0.2, -0.15) is 0 Å². The van der Waals surface area contributed by atoms with E-state index in [9.17, 15) is 9.59 Å². The lowest BCUT2D eigenvalue weighted by Gasteiger charge is -2.27. The van der Waals surface area contributed by atoms with Crippen LogP contribution < -0.4 is 4.90 Å². The number of carbonyl (C=O) groups is 2. The third-order valence-electron chi connectivity index (χ3n) is 5.07. The molecule has 0 aliphatic carbocycles. The van der Waals surface area contributed by atoms with Gasteiger partial charge in [0.2, 0.25) is 11.8 Å². The van der Waals surface area contributed by atoms with E-state index in [2.05, 4.69) is 23.1 Å². The average molecular weight is 353 g/mol. The maximum Gasteiger partial charge on any atom is 0.241 e. The van der Waals surface area contributed by atoms with Crippen molar-refractivity contribution < 1.29 is 9.59 Å². The summed E-state index contributed by atoms with van der Waals surface area (Å²) in [6.45, 7) is 7.73. The molecule has 138 valence electrons. The highest BCUT2D eigenvalue weighted by molar-refractivity contribution is 6.04. The molecule has 2 aromatic rings. The van der Waals surface area contributed by atoms with E-state index in [0.29, 0.717) is 19.6 Å². The minimum absolute atomic E-state index is 0.111. The van der Waals surface area contributed by atoms with Crippen LogP contribution in [0.2, 0.25) is 0 Å². The fraction of sp³-hybridized carbons (Fsp3) is 0.429. The number of carbonyl (C=O) groups excluding carboxylic acids is 2. The van der Waals surface area contributed by atoms with E-state index < -0.39 is 0 Å². The van der Waals surface area contributed by atoms with Gasteiger partial charge in [0.25, 0.3) is 0 Å². The SMILES string of the molecule is CCN(C(=O)CN1CCCN(C(C)=O)CC1)c1cccc2ccccc12.